The Morgan fingerprint density at radius 1 is 0.923 bits per heavy atom. The summed E-state index contributed by atoms with van der Waals surface area (Å²) in [5.41, 5.74) is 3.79. The lowest BCUT2D eigenvalue weighted by atomic mass is 10.1. The van der Waals surface area contributed by atoms with E-state index in [2.05, 4.69) is 10.2 Å². The van der Waals surface area contributed by atoms with Gasteiger partial charge < -0.3 is 10.2 Å². The zero-order valence-electron chi connectivity index (χ0n) is 15.4. The van der Waals surface area contributed by atoms with E-state index < -0.39 is 0 Å². The molecule has 5 nitrogen and oxygen atoms in total. The molecule has 1 aliphatic rings. The topological polar surface area (TPSA) is 52.7 Å². The molecule has 2 amide bonds. The molecule has 26 heavy (non-hydrogen) atoms. The minimum absolute atomic E-state index is 0.0990. The molecule has 1 fully saturated rings. The van der Waals surface area contributed by atoms with Crippen LogP contribution in [0.4, 0.5) is 5.69 Å². The normalized spacial score (nSPS) is 14.9. The fourth-order valence-electron chi connectivity index (χ4n) is 3.08. The molecule has 3 rings (SSSR count). The van der Waals surface area contributed by atoms with E-state index in [1.165, 1.54) is 5.56 Å². The second-order valence-corrected chi connectivity index (χ2v) is 6.80. The van der Waals surface area contributed by atoms with E-state index in [0.717, 1.165) is 44.0 Å². The fraction of sp³-hybridized carbons (Fsp3) is 0.333. The smallest absolute Gasteiger partial charge is 0.255 e. The molecule has 136 valence electrons. The van der Waals surface area contributed by atoms with E-state index in [1.54, 1.807) is 6.92 Å². The SMILES string of the molecule is CC(=O)N1CCN(Cc2ccc(NC(=O)c3ccc(C)cc3)cc2)CC1. The number of rotatable bonds is 4. The van der Waals surface area contributed by atoms with E-state index in [9.17, 15) is 9.59 Å². The molecule has 0 atom stereocenters. The highest BCUT2D eigenvalue weighted by Crippen LogP contribution is 2.14. The minimum Gasteiger partial charge on any atom is -0.340 e. The summed E-state index contributed by atoms with van der Waals surface area (Å²) in [5.74, 6) is 0.0522. The molecule has 0 radical (unpaired) electrons. The summed E-state index contributed by atoms with van der Waals surface area (Å²) >= 11 is 0. The van der Waals surface area contributed by atoms with Crippen LogP contribution < -0.4 is 5.32 Å². The molecule has 0 bridgehead atoms. The molecule has 2 aromatic rings. The standard InChI is InChI=1S/C21H25N3O2/c1-16-3-7-19(8-4-16)21(26)22-20-9-5-18(6-10-20)15-23-11-13-24(14-12-23)17(2)25/h3-10H,11-15H2,1-2H3,(H,22,26). The van der Waals surface area contributed by atoms with Gasteiger partial charge in [0, 0.05) is 50.9 Å². The van der Waals surface area contributed by atoms with Gasteiger partial charge in [0.25, 0.3) is 5.91 Å². The first-order valence-electron chi connectivity index (χ1n) is 8.96. The van der Waals surface area contributed by atoms with Gasteiger partial charge in [-0.05, 0) is 36.8 Å². The lowest BCUT2D eigenvalue weighted by Crippen LogP contribution is -2.47. The Balaban J connectivity index is 1.53. The Morgan fingerprint density at radius 3 is 2.12 bits per heavy atom. The first kappa shape index (κ1) is 18.1. The van der Waals surface area contributed by atoms with Crippen LogP contribution in [0.25, 0.3) is 0 Å². The largest absolute Gasteiger partial charge is 0.340 e. The Kier molecular flexibility index (Phi) is 5.68. The monoisotopic (exact) mass is 351 g/mol. The van der Waals surface area contributed by atoms with Crippen molar-refractivity contribution < 1.29 is 9.59 Å². The van der Waals surface area contributed by atoms with Gasteiger partial charge in [0.1, 0.15) is 0 Å². The van der Waals surface area contributed by atoms with E-state index in [1.807, 2.05) is 60.4 Å². The number of anilines is 1. The lowest BCUT2D eigenvalue weighted by molar-refractivity contribution is -0.130. The molecular weight excluding hydrogens is 326 g/mol. The third kappa shape index (κ3) is 4.70. The van der Waals surface area contributed by atoms with E-state index >= 15 is 0 Å². The maximum Gasteiger partial charge on any atom is 0.255 e. The summed E-state index contributed by atoms with van der Waals surface area (Å²) in [6, 6.07) is 15.5. The summed E-state index contributed by atoms with van der Waals surface area (Å²) in [5, 5.41) is 2.93. The minimum atomic E-state index is -0.0990. The Labute approximate surface area is 154 Å². The number of hydrogen-bond donors (Lipinski definition) is 1. The van der Waals surface area contributed by atoms with Crippen LogP contribution in [0, 0.1) is 6.92 Å². The summed E-state index contributed by atoms with van der Waals surface area (Å²) in [4.78, 5) is 27.9. The van der Waals surface area contributed by atoms with Gasteiger partial charge >= 0.3 is 0 Å². The molecule has 1 N–H and O–H groups in total. The fourth-order valence-corrected chi connectivity index (χ4v) is 3.08. The third-order valence-electron chi connectivity index (χ3n) is 4.75. The molecule has 1 aliphatic heterocycles. The van der Waals surface area contributed by atoms with Crippen molar-refractivity contribution in [2.75, 3.05) is 31.5 Å². The predicted molar refractivity (Wildman–Crippen MR) is 103 cm³/mol. The van der Waals surface area contributed by atoms with E-state index in [-0.39, 0.29) is 11.8 Å². The molecule has 5 heteroatoms. The van der Waals surface area contributed by atoms with Crippen molar-refractivity contribution in [3.63, 3.8) is 0 Å². The predicted octanol–water partition coefficient (Wildman–Crippen LogP) is 2.91. The average Bonchev–Trinajstić information content (AvgIpc) is 2.64. The number of hydrogen-bond acceptors (Lipinski definition) is 3. The van der Waals surface area contributed by atoms with Crippen molar-refractivity contribution in [3.8, 4) is 0 Å². The van der Waals surface area contributed by atoms with Crippen molar-refractivity contribution in [1.82, 2.24) is 9.80 Å². The van der Waals surface area contributed by atoms with Gasteiger partial charge in [0.05, 0.1) is 0 Å². The number of piperazine rings is 1. The molecule has 1 saturated heterocycles. The van der Waals surface area contributed by atoms with Crippen LogP contribution in [0.2, 0.25) is 0 Å². The first-order chi connectivity index (χ1) is 12.5. The Bertz CT molecular complexity index is 761. The maximum atomic E-state index is 12.3. The van der Waals surface area contributed by atoms with Crippen LogP contribution in [-0.2, 0) is 11.3 Å². The van der Waals surface area contributed by atoms with Crippen molar-refractivity contribution in [1.29, 1.82) is 0 Å². The second kappa shape index (κ2) is 8.15. The zero-order chi connectivity index (χ0) is 18.5. The first-order valence-corrected chi connectivity index (χ1v) is 8.96. The van der Waals surface area contributed by atoms with Gasteiger partial charge in [-0.2, -0.15) is 0 Å². The van der Waals surface area contributed by atoms with Crippen molar-refractivity contribution >= 4 is 17.5 Å². The number of aryl methyl sites for hydroxylation is 1. The van der Waals surface area contributed by atoms with Gasteiger partial charge in [-0.25, -0.2) is 0 Å². The highest BCUT2D eigenvalue weighted by atomic mass is 16.2. The number of nitrogens with one attached hydrogen (secondary N) is 1. The highest BCUT2D eigenvalue weighted by Gasteiger charge is 2.18. The lowest BCUT2D eigenvalue weighted by Gasteiger charge is -2.34. The quantitative estimate of drug-likeness (QED) is 0.921. The van der Waals surface area contributed by atoms with Gasteiger partial charge in [-0.15, -0.1) is 0 Å². The molecule has 0 unspecified atom stereocenters. The van der Waals surface area contributed by atoms with Gasteiger partial charge in [-0.1, -0.05) is 29.8 Å². The Hall–Kier alpha value is -2.66. The van der Waals surface area contributed by atoms with Crippen LogP contribution in [0.5, 0.6) is 0 Å². The molecule has 2 aromatic carbocycles. The molecule has 0 aliphatic carbocycles. The van der Waals surface area contributed by atoms with Gasteiger partial charge in [0.15, 0.2) is 0 Å². The number of nitrogens with zero attached hydrogens (tertiary/aromatic N) is 2. The number of amides is 2. The van der Waals surface area contributed by atoms with Crippen LogP contribution in [0.3, 0.4) is 0 Å². The average molecular weight is 351 g/mol. The van der Waals surface area contributed by atoms with Crippen LogP contribution in [-0.4, -0.2) is 47.8 Å². The van der Waals surface area contributed by atoms with Crippen LogP contribution in [0.15, 0.2) is 48.5 Å². The van der Waals surface area contributed by atoms with Crippen molar-refractivity contribution in [2.45, 2.75) is 20.4 Å². The summed E-state index contributed by atoms with van der Waals surface area (Å²) in [6.07, 6.45) is 0. The molecule has 0 saturated carbocycles. The van der Waals surface area contributed by atoms with E-state index in [4.69, 9.17) is 0 Å². The maximum absolute atomic E-state index is 12.3. The van der Waals surface area contributed by atoms with Gasteiger partial charge in [0.2, 0.25) is 5.91 Å². The van der Waals surface area contributed by atoms with Crippen LogP contribution in [0.1, 0.15) is 28.4 Å². The number of benzene rings is 2. The van der Waals surface area contributed by atoms with E-state index in [0.29, 0.717) is 5.56 Å². The summed E-state index contributed by atoms with van der Waals surface area (Å²) in [7, 11) is 0. The third-order valence-corrected chi connectivity index (χ3v) is 4.75. The highest BCUT2D eigenvalue weighted by molar-refractivity contribution is 6.04. The van der Waals surface area contributed by atoms with Crippen LogP contribution >= 0.6 is 0 Å². The number of carbonyl (C=O) groups is 2. The molecule has 0 spiro atoms. The second-order valence-electron chi connectivity index (χ2n) is 6.80. The van der Waals surface area contributed by atoms with Gasteiger partial charge in [-0.3, -0.25) is 14.5 Å². The summed E-state index contributed by atoms with van der Waals surface area (Å²) in [6.45, 7) is 7.86. The molecular formula is C21H25N3O2. The molecule has 1 heterocycles. The summed E-state index contributed by atoms with van der Waals surface area (Å²) < 4.78 is 0. The van der Waals surface area contributed by atoms with Crippen molar-refractivity contribution in [2.24, 2.45) is 0 Å². The zero-order valence-corrected chi connectivity index (χ0v) is 15.4. The molecule has 0 aromatic heterocycles. The number of carbonyl (C=O) groups excluding carboxylic acids is 2. The van der Waals surface area contributed by atoms with Crippen molar-refractivity contribution in [3.05, 3.63) is 65.2 Å². The Morgan fingerprint density at radius 2 is 1.54 bits per heavy atom.